The Morgan fingerprint density at radius 3 is 2.62 bits per heavy atom. The first kappa shape index (κ1) is 18.5. The second kappa shape index (κ2) is 7.53. The van der Waals surface area contributed by atoms with Gasteiger partial charge in [0.15, 0.2) is 21.3 Å². The van der Waals surface area contributed by atoms with Crippen LogP contribution in [0, 0.1) is 0 Å². The fraction of sp³-hybridized carbons (Fsp3) is 0.529. The maximum Gasteiger partial charge on any atom is 0.326 e. The molecular formula is C17H21NO7S. The van der Waals surface area contributed by atoms with Crippen molar-refractivity contribution >= 4 is 21.7 Å². The third-order valence-electron chi connectivity index (χ3n) is 4.52. The minimum absolute atomic E-state index is 0.0609. The van der Waals surface area contributed by atoms with Crippen molar-refractivity contribution in [1.82, 2.24) is 4.90 Å². The standard InChI is InChI=1S/C17H21NO7S/c19-16(18-7-1-3-13(18)17(20)21)6-10-26(22,23)12-4-5-14-15(11-12)25-9-2-8-24-14/h4-5,11,13H,1-3,6-10H2,(H,20,21)/t13-/m0/s1. The predicted molar refractivity (Wildman–Crippen MR) is 91.1 cm³/mol. The van der Waals surface area contributed by atoms with Crippen LogP contribution in [0.1, 0.15) is 25.7 Å². The number of amides is 1. The van der Waals surface area contributed by atoms with Gasteiger partial charge in [-0.1, -0.05) is 0 Å². The Balaban J connectivity index is 1.68. The number of carbonyl (C=O) groups excluding carboxylic acids is 1. The van der Waals surface area contributed by atoms with Gasteiger partial charge in [-0.2, -0.15) is 0 Å². The van der Waals surface area contributed by atoms with Gasteiger partial charge in [0.2, 0.25) is 5.91 Å². The van der Waals surface area contributed by atoms with Crippen LogP contribution in [0.3, 0.4) is 0 Å². The molecule has 2 heterocycles. The van der Waals surface area contributed by atoms with Gasteiger partial charge in [0.25, 0.3) is 0 Å². The van der Waals surface area contributed by atoms with Crippen molar-refractivity contribution in [3.63, 3.8) is 0 Å². The SMILES string of the molecule is O=C(O)[C@@H]1CCCN1C(=O)CCS(=O)(=O)c1ccc2c(c1)OCCCO2. The van der Waals surface area contributed by atoms with Gasteiger partial charge < -0.3 is 19.5 Å². The van der Waals surface area contributed by atoms with E-state index in [0.29, 0.717) is 50.5 Å². The van der Waals surface area contributed by atoms with Crippen molar-refractivity contribution in [2.45, 2.75) is 36.6 Å². The molecule has 3 rings (SSSR count). The zero-order valence-electron chi connectivity index (χ0n) is 14.2. The first-order valence-electron chi connectivity index (χ1n) is 8.53. The summed E-state index contributed by atoms with van der Waals surface area (Å²) in [6.45, 7) is 1.30. The molecule has 142 valence electrons. The molecule has 0 aliphatic carbocycles. The largest absolute Gasteiger partial charge is 0.490 e. The van der Waals surface area contributed by atoms with Crippen LogP contribution in [-0.2, 0) is 19.4 Å². The summed E-state index contributed by atoms with van der Waals surface area (Å²) in [5.41, 5.74) is 0. The van der Waals surface area contributed by atoms with Crippen molar-refractivity contribution in [2.24, 2.45) is 0 Å². The molecule has 1 aromatic carbocycles. The Bertz CT molecular complexity index is 805. The maximum absolute atomic E-state index is 12.6. The summed E-state index contributed by atoms with van der Waals surface area (Å²) in [5.74, 6) is -1.01. The van der Waals surface area contributed by atoms with E-state index in [0.717, 1.165) is 0 Å². The lowest BCUT2D eigenvalue weighted by atomic mass is 10.2. The van der Waals surface area contributed by atoms with Crippen molar-refractivity contribution < 1.29 is 32.6 Å². The van der Waals surface area contributed by atoms with E-state index in [2.05, 4.69) is 0 Å². The van der Waals surface area contributed by atoms with Crippen LogP contribution >= 0.6 is 0 Å². The first-order valence-corrected chi connectivity index (χ1v) is 10.2. The van der Waals surface area contributed by atoms with Crippen LogP contribution in [0.5, 0.6) is 11.5 Å². The van der Waals surface area contributed by atoms with Crippen LogP contribution in [0.4, 0.5) is 0 Å². The zero-order chi connectivity index (χ0) is 18.7. The molecule has 8 nitrogen and oxygen atoms in total. The molecule has 26 heavy (non-hydrogen) atoms. The first-order chi connectivity index (χ1) is 12.4. The fourth-order valence-electron chi connectivity index (χ4n) is 3.14. The van der Waals surface area contributed by atoms with Crippen molar-refractivity contribution in [1.29, 1.82) is 0 Å². The van der Waals surface area contributed by atoms with Crippen LogP contribution in [0.2, 0.25) is 0 Å². The normalized spacial score (nSPS) is 19.8. The number of hydrogen-bond donors (Lipinski definition) is 1. The average molecular weight is 383 g/mol. The number of nitrogens with zero attached hydrogens (tertiary/aromatic N) is 1. The molecule has 0 unspecified atom stereocenters. The fourth-order valence-corrected chi connectivity index (χ4v) is 4.38. The number of sulfone groups is 1. The molecule has 0 radical (unpaired) electrons. The third kappa shape index (κ3) is 3.92. The second-order valence-electron chi connectivity index (χ2n) is 6.31. The number of aliphatic carboxylic acids is 1. The highest BCUT2D eigenvalue weighted by Crippen LogP contribution is 2.32. The molecule has 0 spiro atoms. The number of carboxylic acids is 1. The van der Waals surface area contributed by atoms with Gasteiger partial charge >= 0.3 is 5.97 Å². The number of ether oxygens (including phenoxy) is 2. The average Bonchev–Trinajstić information content (AvgIpc) is 2.99. The maximum atomic E-state index is 12.6. The van der Waals surface area contributed by atoms with Gasteiger partial charge in [-0.05, 0) is 25.0 Å². The van der Waals surface area contributed by atoms with Gasteiger partial charge in [0, 0.05) is 25.5 Å². The quantitative estimate of drug-likeness (QED) is 0.810. The molecule has 2 aliphatic heterocycles. The van der Waals surface area contributed by atoms with E-state index in [1.54, 1.807) is 6.07 Å². The zero-order valence-corrected chi connectivity index (χ0v) is 15.0. The molecule has 0 aromatic heterocycles. The lowest BCUT2D eigenvalue weighted by Crippen LogP contribution is -2.40. The molecule has 0 saturated carbocycles. The van der Waals surface area contributed by atoms with Crippen molar-refractivity contribution in [2.75, 3.05) is 25.5 Å². The van der Waals surface area contributed by atoms with Crippen LogP contribution < -0.4 is 9.47 Å². The summed E-state index contributed by atoms with van der Waals surface area (Å²) < 4.78 is 36.1. The highest BCUT2D eigenvalue weighted by Gasteiger charge is 2.34. The summed E-state index contributed by atoms with van der Waals surface area (Å²) in [6, 6.07) is 3.54. The molecule has 1 saturated heterocycles. The van der Waals surface area contributed by atoms with E-state index in [-0.39, 0.29) is 17.1 Å². The molecule has 1 aromatic rings. The van der Waals surface area contributed by atoms with Gasteiger partial charge in [-0.3, -0.25) is 4.79 Å². The van der Waals surface area contributed by atoms with E-state index in [1.807, 2.05) is 0 Å². The van der Waals surface area contributed by atoms with E-state index in [4.69, 9.17) is 14.6 Å². The Morgan fingerprint density at radius 1 is 1.15 bits per heavy atom. The minimum atomic E-state index is -3.70. The Morgan fingerprint density at radius 2 is 1.88 bits per heavy atom. The van der Waals surface area contributed by atoms with Crippen LogP contribution in [-0.4, -0.2) is 61.9 Å². The molecule has 9 heteroatoms. The van der Waals surface area contributed by atoms with E-state index < -0.39 is 27.8 Å². The summed E-state index contributed by atoms with van der Waals surface area (Å²) in [6.07, 6.45) is 1.47. The van der Waals surface area contributed by atoms with E-state index in [1.165, 1.54) is 17.0 Å². The monoisotopic (exact) mass is 383 g/mol. The van der Waals surface area contributed by atoms with E-state index in [9.17, 15) is 18.0 Å². The smallest absolute Gasteiger partial charge is 0.326 e. The minimum Gasteiger partial charge on any atom is -0.490 e. The molecule has 1 N–H and O–H groups in total. The number of carbonyl (C=O) groups is 2. The molecular weight excluding hydrogens is 362 g/mol. The van der Waals surface area contributed by atoms with E-state index >= 15 is 0 Å². The van der Waals surface area contributed by atoms with Crippen molar-refractivity contribution in [3.8, 4) is 11.5 Å². The number of rotatable bonds is 5. The third-order valence-corrected chi connectivity index (χ3v) is 6.23. The highest BCUT2D eigenvalue weighted by atomic mass is 32.2. The number of carboxylic acid groups (broad SMARTS) is 1. The summed E-state index contributed by atoms with van der Waals surface area (Å²) in [5, 5.41) is 9.14. The van der Waals surface area contributed by atoms with Gasteiger partial charge in [-0.15, -0.1) is 0 Å². The lowest BCUT2D eigenvalue weighted by molar-refractivity contribution is -0.148. The molecule has 0 bridgehead atoms. The molecule has 1 amide bonds. The Labute approximate surface area is 151 Å². The summed E-state index contributed by atoms with van der Waals surface area (Å²) in [4.78, 5) is 24.8. The Kier molecular flexibility index (Phi) is 5.36. The number of hydrogen-bond acceptors (Lipinski definition) is 6. The highest BCUT2D eigenvalue weighted by molar-refractivity contribution is 7.91. The molecule has 2 aliphatic rings. The van der Waals surface area contributed by atoms with Crippen LogP contribution in [0.25, 0.3) is 0 Å². The number of likely N-dealkylation sites (tertiary alicyclic amines) is 1. The summed E-state index contributed by atoms with van der Waals surface area (Å²) >= 11 is 0. The number of benzene rings is 1. The predicted octanol–water partition coefficient (Wildman–Crippen LogP) is 1.09. The number of fused-ring (bicyclic) bond motifs is 1. The lowest BCUT2D eigenvalue weighted by Gasteiger charge is -2.21. The Hall–Kier alpha value is -2.29. The van der Waals surface area contributed by atoms with Crippen LogP contribution in [0.15, 0.2) is 23.1 Å². The topological polar surface area (TPSA) is 110 Å². The molecule has 1 fully saturated rings. The molecule has 1 atom stereocenters. The second-order valence-corrected chi connectivity index (χ2v) is 8.42. The van der Waals surface area contributed by atoms with Gasteiger partial charge in [-0.25, -0.2) is 13.2 Å². The summed E-state index contributed by atoms with van der Waals surface area (Å²) in [7, 11) is -3.70. The van der Waals surface area contributed by atoms with Gasteiger partial charge in [0.1, 0.15) is 6.04 Å². The van der Waals surface area contributed by atoms with Crippen molar-refractivity contribution in [3.05, 3.63) is 18.2 Å². The van der Waals surface area contributed by atoms with Gasteiger partial charge in [0.05, 0.1) is 23.9 Å².